The smallest absolute Gasteiger partial charge is 0.277 e. The number of amidine groups is 1. The van der Waals surface area contributed by atoms with Gasteiger partial charge in [0.15, 0.2) is 0 Å². The molecule has 0 bridgehead atoms. The largest absolute Gasteiger partial charge is 0.298 e. The van der Waals surface area contributed by atoms with E-state index in [2.05, 4.69) is 4.99 Å². The minimum absolute atomic E-state index is 0.0272. The predicted molar refractivity (Wildman–Crippen MR) is 69.7 cm³/mol. The molecule has 0 fully saturated rings. The third kappa shape index (κ3) is 2.00. The minimum Gasteiger partial charge on any atom is -0.298 e. The Morgan fingerprint density at radius 1 is 1.18 bits per heavy atom. The first-order valence-electron chi connectivity index (χ1n) is 5.62. The van der Waals surface area contributed by atoms with Gasteiger partial charge in [0.2, 0.25) is 0 Å². The third-order valence-electron chi connectivity index (χ3n) is 3.11. The van der Waals surface area contributed by atoms with E-state index >= 15 is 0 Å². The van der Waals surface area contributed by atoms with Crippen molar-refractivity contribution in [1.29, 1.82) is 0 Å². The number of benzene rings is 1. The normalized spacial score (nSPS) is 18.5. The second kappa shape index (κ2) is 4.17. The molecule has 0 saturated heterocycles. The number of aliphatic imine (C=N–C) groups is 1. The first-order valence-corrected chi connectivity index (χ1v) is 5.62. The third-order valence-corrected chi connectivity index (χ3v) is 3.11. The molecule has 0 aliphatic carbocycles. The molecule has 0 atom stereocenters. The molecule has 0 unspecified atom stereocenters. The lowest BCUT2D eigenvalue weighted by molar-refractivity contribution is -0.121. The summed E-state index contributed by atoms with van der Waals surface area (Å²) in [5.74, 6) is 0.719. The van der Waals surface area contributed by atoms with Crippen molar-refractivity contribution in [1.82, 2.24) is 4.90 Å². The van der Waals surface area contributed by atoms with Crippen LogP contribution in [0.25, 0.3) is 5.57 Å². The van der Waals surface area contributed by atoms with Crippen LogP contribution in [0, 0.1) is 6.92 Å². The van der Waals surface area contributed by atoms with Crippen molar-refractivity contribution in [2.45, 2.75) is 20.8 Å². The SMILES string of the molecule is CC1=N/C(=C(/C)c2ccc(C)cc2)C(=O)N1C. The summed E-state index contributed by atoms with van der Waals surface area (Å²) in [6.45, 7) is 5.82. The molecule has 1 heterocycles. The predicted octanol–water partition coefficient (Wildman–Crippen LogP) is 2.62. The molecule has 1 aliphatic heterocycles. The number of hydrogen-bond acceptors (Lipinski definition) is 2. The molecule has 1 aromatic carbocycles. The number of carbonyl (C=O) groups excluding carboxylic acids is 1. The highest BCUT2D eigenvalue weighted by molar-refractivity contribution is 6.14. The molecule has 0 spiro atoms. The second-order valence-electron chi connectivity index (χ2n) is 4.36. The molecule has 3 nitrogen and oxygen atoms in total. The lowest BCUT2D eigenvalue weighted by Gasteiger charge is -2.08. The van der Waals surface area contributed by atoms with E-state index in [1.165, 1.54) is 5.56 Å². The van der Waals surface area contributed by atoms with Gasteiger partial charge in [-0.3, -0.25) is 9.69 Å². The van der Waals surface area contributed by atoms with Crippen LogP contribution in [0.1, 0.15) is 25.0 Å². The van der Waals surface area contributed by atoms with Crippen LogP contribution in [0.3, 0.4) is 0 Å². The minimum atomic E-state index is -0.0272. The maximum Gasteiger partial charge on any atom is 0.277 e. The van der Waals surface area contributed by atoms with E-state index in [0.29, 0.717) is 5.70 Å². The fourth-order valence-electron chi connectivity index (χ4n) is 1.77. The Bertz CT molecular complexity index is 524. The Balaban J connectivity index is 2.46. The molecular weight excluding hydrogens is 212 g/mol. The summed E-state index contributed by atoms with van der Waals surface area (Å²) >= 11 is 0. The maximum absolute atomic E-state index is 12.0. The average Bonchev–Trinajstić information content (AvgIpc) is 2.57. The van der Waals surface area contributed by atoms with E-state index in [1.54, 1.807) is 11.9 Å². The Hall–Kier alpha value is -1.90. The molecule has 2 rings (SSSR count). The van der Waals surface area contributed by atoms with Crippen LogP contribution in [-0.4, -0.2) is 23.7 Å². The summed E-state index contributed by atoms with van der Waals surface area (Å²) < 4.78 is 0. The van der Waals surface area contributed by atoms with Crippen molar-refractivity contribution in [3.8, 4) is 0 Å². The highest BCUT2D eigenvalue weighted by Crippen LogP contribution is 2.24. The summed E-state index contributed by atoms with van der Waals surface area (Å²) in [6, 6.07) is 8.13. The first-order chi connectivity index (χ1) is 8.00. The summed E-state index contributed by atoms with van der Waals surface area (Å²) in [6.07, 6.45) is 0. The maximum atomic E-state index is 12.0. The summed E-state index contributed by atoms with van der Waals surface area (Å²) in [7, 11) is 1.75. The summed E-state index contributed by atoms with van der Waals surface area (Å²) in [4.78, 5) is 17.8. The van der Waals surface area contributed by atoms with Crippen molar-refractivity contribution < 1.29 is 4.79 Å². The van der Waals surface area contributed by atoms with Crippen molar-refractivity contribution in [3.05, 3.63) is 41.1 Å². The Morgan fingerprint density at radius 3 is 2.24 bits per heavy atom. The fourth-order valence-corrected chi connectivity index (χ4v) is 1.77. The van der Waals surface area contributed by atoms with Gasteiger partial charge in [0, 0.05) is 7.05 Å². The van der Waals surface area contributed by atoms with Crippen molar-refractivity contribution in [2.24, 2.45) is 4.99 Å². The number of amides is 1. The van der Waals surface area contributed by atoms with E-state index in [9.17, 15) is 4.79 Å². The van der Waals surface area contributed by atoms with Crippen LogP contribution in [0.15, 0.2) is 35.0 Å². The molecule has 1 aromatic rings. The van der Waals surface area contributed by atoms with Crippen molar-refractivity contribution in [3.63, 3.8) is 0 Å². The summed E-state index contributed by atoms with van der Waals surface area (Å²) in [5, 5.41) is 0. The van der Waals surface area contributed by atoms with Gasteiger partial charge in [0.25, 0.3) is 5.91 Å². The Kier molecular flexibility index (Phi) is 2.84. The Labute approximate surface area is 101 Å². The lowest BCUT2D eigenvalue weighted by Crippen LogP contribution is -2.25. The van der Waals surface area contributed by atoms with Gasteiger partial charge in [0.05, 0.1) is 0 Å². The number of rotatable bonds is 1. The standard InChI is InChI=1S/C14H16N2O/c1-9-5-7-12(8-6-9)10(2)13-14(17)16(4)11(3)15-13/h5-8H,1-4H3/b13-10-. The summed E-state index contributed by atoms with van der Waals surface area (Å²) in [5.41, 5.74) is 3.74. The van der Waals surface area contributed by atoms with Crippen LogP contribution < -0.4 is 0 Å². The topological polar surface area (TPSA) is 32.7 Å². The van der Waals surface area contributed by atoms with Crippen LogP contribution in [-0.2, 0) is 4.79 Å². The average molecular weight is 228 g/mol. The molecule has 1 aliphatic rings. The number of carbonyl (C=O) groups is 1. The quantitative estimate of drug-likeness (QED) is 0.680. The molecule has 0 radical (unpaired) electrons. The molecule has 0 aromatic heterocycles. The molecule has 0 saturated carbocycles. The van der Waals surface area contributed by atoms with E-state index in [0.717, 1.165) is 17.0 Å². The zero-order valence-corrected chi connectivity index (χ0v) is 10.6. The molecule has 88 valence electrons. The molecule has 0 N–H and O–H groups in total. The number of likely N-dealkylation sites (N-methyl/N-ethyl adjacent to an activating group) is 1. The van der Waals surface area contributed by atoms with Gasteiger partial charge in [-0.2, -0.15) is 0 Å². The van der Waals surface area contributed by atoms with E-state index in [-0.39, 0.29) is 5.91 Å². The first kappa shape index (κ1) is 11.6. The van der Waals surface area contributed by atoms with Gasteiger partial charge < -0.3 is 0 Å². The van der Waals surface area contributed by atoms with Gasteiger partial charge >= 0.3 is 0 Å². The highest BCUT2D eigenvalue weighted by atomic mass is 16.2. The molecule has 3 heteroatoms. The van der Waals surface area contributed by atoms with Crippen molar-refractivity contribution >= 4 is 17.3 Å². The number of hydrogen-bond donors (Lipinski definition) is 0. The molecule has 1 amide bonds. The fraction of sp³-hybridized carbons (Fsp3) is 0.286. The molecule has 17 heavy (non-hydrogen) atoms. The van der Waals surface area contributed by atoms with Gasteiger partial charge in [-0.15, -0.1) is 0 Å². The van der Waals surface area contributed by atoms with Crippen LogP contribution in [0.5, 0.6) is 0 Å². The monoisotopic (exact) mass is 228 g/mol. The van der Waals surface area contributed by atoms with E-state index in [4.69, 9.17) is 0 Å². The Morgan fingerprint density at radius 2 is 1.76 bits per heavy atom. The molecular formula is C14H16N2O. The van der Waals surface area contributed by atoms with Crippen LogP contribution >= 0.6 is 0 Å². The van der Waals surface area contributed by atoms with Crippen molar-refractivity contribution in [2.75, 3.05) is 7.05 Å². The number of aryl methyl sites for hydroxylation is 1. The van der Waals surface area contributed by atoms with Crippen LogP contribution in [0.4, 0.5) is 0 Å². The van der Waals surface area contributed by atoms with Gasteiger partial charge in [-0.25, -0.2) is 4.99 Å². The van der Waals surface area contributed by atoms with Gasteiger partial charge in [0.1, 0.15) is 11.5 Å². The zero-order chi connectivity index (χ0) is 12.6. The van der Waals surface area contributed by atoms with Gasteiger partial charge in [-0.1, -0.05) is 29.8 Å². The zero-order valence-electron chi connectivity index (χ0n) is 10.6. The van der Waals surface area contributed by atoms with E-state index in [1.807, 2.05) is 45.0 Å². The lowest BCUT2D eigenvalue weighted by atomic mass is 10.0. The van der Waals surface area contributed by atoms with Gasteiger partial charge in [-0.05, 0) is 31.9 Å². The number of nitrogens with zero attached hydrogens (tertiary/aromatic N) is 2. The van der Waals surface area contributed by atoms with Crippen LogP contribution in [0.2, 0.25) is 0 Å². The highest BCUT2D eigenvalue weighted by Gasteiger charge is 2.25. The van der Waals surface area contributed by atoms with E-state index < -0.39 is 0 Å². The second-order valence-corrected chi connectivity index (χ2v) is 4.36. The number of allylic oxidation sites excluding steroid dienone is 1.